The number of hydrogen-bond acceptors (Lipinski definition) is 6. The van der Waals surface area contributed by atoms with Gasteiger partial charge < -0.3 is 31.2 Å². The highest BCUT2D eigenvalue weighted by atomic mass is 16.6. The van der Waals surface area contributed by atoms with Crippen LogP contribution in [-0.4, -0.2) is 47.5 Å². The normalized spacial score (nSPS) is 13.2. The Bertz CT molecular complexity index is 1410. The van der Waals surface area contributed by atoms with Gasteiger partial charge in [-0.1, -0.05) is 86.6 Å². The third-order valence-electron chi connectivity index (χ3n) is 6.81. The summed E-state index contributed by atoms with van der Waals surface area (Å²) in [5.41, 5.74) is 7.42. The van der Waals surface area contributed by atoms with Gasteiger partial charge in [0.1, 0.15) is 36.1 Å². The number of benzene rings is 3. The van der Waals surface area contributed by atoms with Gasteiger partial charge in [0.2, 0.25) is 17.7 Å². The number of rotatable bonds is 14. The number of amides is 4. The van der Waals surface area contributed by atoms with Crippen molar-refractivity contribution < 1.29 is 28.7 Å². The molecule has 5 N–H and O–H groups in total. The van der Waals surface area contributed by atoms with E-state index in [9.17, 15) is 19.2 Å². The van der Waals surface area contributed by atoms with Gasteiger partial charge >= 0.3 is 6.09 Å². The number of carbonyl (C=O) groups excluding carboxylic acids is 4. The van der Waals surface area contributed by atoms with Crippen LogP contribution in [0.25, 0.3) is 0 Å². The van der Waals surface area contributed by atoms with Gasteiger partial charge in [-0.15, -0.1) is 0 Å². The Labute approximate surface area is 265 Å². The highest BCUT2D eigenvalue weighted by molar-refractivity contribution is 5.94. The van der Waals surface area contributed by atoms with E-state index in [1.807, 2.05) is 72.8 Å². The summed E-state index contributed by atoms with van der Waals surface area (Å²) < 4.78 is 11.3. The zero-order valence-electron chi connectivity index (χ0n) is 26.5. The Hall–Kier alpha value is -4.86. The molecule has 3 rings (SSSR count). The lowest BCUT2D eigenvalue weighted by molar-refractivity contribution is -0.133. The third-order valence-corrected chi connectivity index (χ3v) is 6.81. The second-order valence-corrected chi connectivity index (χ2v) is 12.2. The van der Waals surface area contributed by atoms with E-state index in [1.165, 1.54) is 0 Å². The molecule has 0 saturated heterocycles. The Kier molecular flexibility index (Phi) is 12.5. The van der Waals surface area contributed by atoms with Gasteiger partial charge in [0.15, 0.2) is 0 Å². The fourth-order valence-corrected chi connectivity index (χ4v) is 4.48. The van der Waals surface area contributed by atoms with Gasteiger partial charge in [0.05, 0.1) is 0 Å². The van der Waals surface area contributed by atoms with E-state index >= 15 is 0 Å². The molecule has 3 aromatic carbocycles. The highest BCUT2D eigenvalue weighted by Gasteiger charge is 2.32. The van der Waals surface area contributed by atoms with E-state index in [2.05, 4.69) is 16.0 Å². The molecule has 0 aromatic heterocycles. The molecule has 10 nitrogen and oxygen atoms in total. The van der Waals surface area contributed by atoms with Crippen LogP contribution >= 0.6 is 0 Å². The second kappa shape index (κ2) is 16.3. The molecule has 0 aliphatic rings. The van der Waals surface area contributed by atoms with Gasteiger partial charge in [-0.05, 0) is 55.5 Å². The molecule has 3 atom stereocenters. The number of nitrogens with one attached hydrogen (secondary N) is 3. The van der Waals surface area contributed by atoms with Crippen LogP contribution in [0.1, 0.15) is 51.3 Å². The van der Waals surface area contributed by atoms with Crippen LogP contribution in [0.5, 0.6) is 5.75 Å². The first kappa shape index (κ1) is 34.6. The Balaban J connectivity index is 1.73. The van der Waals surface area contributed by atoms with Crippen molar-refractivity contribution in [2.75, 3.05) is 0 Å². The maximum atomic E-state index is 13.6. The maximum absolute atomic E-state index is 13.6. The smallest absolute Gasteiger partial charge is 0.408 e. The first-order valence-corrected chi connectivity index (χ1v) is 15.0. The molecule has 45 heavy (non-hydrogen) atoms. The van der Waals surface area contributed by atoms with E-state index in [0.717, 1.165) is 16.7 Å². The van der Waals surface area contributed by atoms with Gasteiger partial charge in [0, 0.05) is 12.8 Å². The summed E-state index contributed by atoms with van der Waals surface area (Å²) in [5.74, 6) is -1.53. The van der Waals surface area contributed by atoms with Crippen LogP contribution in [0, 0.1) is 5.92 Å². The van der Waals surface area contributed by atoms with Gasteiger partial charge in [-0.3, -0.25) is 14.4 Å². The van der Waals surface area contributed by atoms with E-state index in [4.69, 9.17) is 15.2 Å². The molecule has 240 valence electrons. The zero-order valence-corrected chi connectivity index (χ0v) is 26.5. The summed E-state index contributed by atoms with van der Waals surface area (Å²) >= 11 is 0. The Morgan fingerprint density at radius 1 is 0.689 bits per heavy atom. The summed E-state index contributed by atoms with van der Waals surface area (Å²) in [6.45, 7) is 9.11. The van der Waals surface area contributed by atoms with E-state index in [-0.39, 0.29) is 18.8 Å². The van der Waals surface area contributed by atoms with Crippen LogP contribution < -0.4 is 26.4 Å². The van der Waals surface area contributed by atoms with Gasteiger partial charge in [-0.25, -0.2) is 4.79 Å². The van der Waals surface area contributed by atoms with E-state index in [0.29, 0.717) is 12.4 Å². The van der Waals surface area contributed by atoms with Crippen molar-refractivity contribution in [1.29, 1.82) is 0 Å². The first-order chi connectivity index (χ1) is 21.3. The van der Waals surface area contributed by atoms with Crippen molar-refractivity contribution in [2.45, 2.75) is 77.8 Å². The SMILES string of the molecule is CC(C)[C@H](NC(=O)[C@H](Cc1ccc(OCc2ccccc2)cc1)NC(=O)OC(C)(C)C)C(=O)N[C@@H](Cc1ccccc1)C(N)=O. The molecule has 3 aromatic rings. The van der Waals surface area contributed by atoms with Crippen molar-refractivity contribution in [2.24, 2.45) is 11.7 Å². The monoisotopic (exact) mass is 616 g/mol. The summed E-state index contributed by atoms with van der Waals surface area (Å²) in [6.07, 6.45) is -0.448. The van der Waals surface area contributed by atoms with Crippen molar-refractivity contribution in [1.82, 2.24) is 16.0 Å². The summed E-state index contributed by atoms with van der Waals surface area (Å²) in [5, 5.41) is 8.10. The number of alkyl carbamates (subject to hydrolysis) is 1. The van der Waals surface area contributed by atoms with Crippen molar-refractivity contribution in [3.63, 3.8) is 0 Å². The minimum absolute atomic E-state index is 0.119. The van der Waals surface area contributed by atoms with Gasteiger partial charge in [-0.2, -0.15) is 0 Å². The van der Waals surface area contributed by atoms with Crippen LogP contribution in [-0.2, 0) is 38.6 Å². The number of ether oxygens (including phenoxy) is 2. The molecule has 0 unspecified atom stereocenters. The molecule has 0 radical (unpaired) electrons. The number of primary amides is 1. The molecule has 0 saturated carbocycles. The molecule has 10 heteroatoms. The molecule has 0 spiro atoms. The predicted octanol–water partition coefficient (Wildman–Crippen LogP) is 4.06. The minimum atomic E-state index is -1.07. The average molecular weight is 617 g/mol. The predicted molar refractivity (Wildman–Crippen MR) is 172 cm³/mol. The molecule has 4 amide bonds. The Morgan fingerprint density at radius 3 is 1.76 bits per heavy atom. The number of nitrogens with two attached hydrogens (primary N) is 1. The highest BCUT2D eigenvalue weighted by Crippen LogP contribution is 2.17. The quantitative estimate of drug-likeness (QED) is 0.215. The van der Waals surface area contributed by atoms with Crippen LogP contribution in [0.15, 0.2) is 84.9 Å². The summed E-state index contributed by atoms with van der Waals surface area (Å²) in [6, 6.07) is 23.1. The van der Waals surface area contributed by atoms with E-state index in [1.54, 1.807) is 46.8 Å². The molecule has 0 heterocycles. The molecule has 0 aliphatic heterocycles. The first-order valence-electron chi connectivity index (χ1n) is 15.0. The standard InChI is InChI=1S/C35H44N4O6/c1-23(2)30(33(42)37-28(31(36)40)20-24-12-8-6-9-13-24)39-32(41)29(38-34(43)45-35(3,4)5)21-25-16-18-27(19-17-25)44-22-26-14-10-7-11-15-26/h6-19,23,28-30H,20-22H2,1-5H3,(H2,36,40)(H,37,42)(H,38,43)(H,39,41)/t28-,29-,30-/m0/s1. The number of carbonyl (C=O) groups is 4. The molecule has 0 fully saturated rings. The molecular weight excluding hydrogens is 572 g/mol. The minimum Gasteiger partial charge on any atom is -0.489 e. The largest absolute Gasteiger partial charge is 0.489 e. The zero-order chi connectivity index (χ0) is 33.0. The fraction of sp³-hybridized carbons (Fsp3) is 0.371. The second-order valence-electron chi connectivity index (χ2n) is 12.2. The van der Waals surface area contributed by atoms with Crippen LogP contribution in [0.4, 0.5) is 4.79 Å². The molecule has 0 aliphatic carbocycles. The lowest BCUT2D eigenvalue weighted by Crippen LogP contribution is -2.58. The lowest BCUT2D eigenvalue weighted by atomic mass is 9.99. The van der Waals surface area contributed by atoms with Crippen molar-refractivity contribution in [3.8, 4) is 5.75 Å². The van der Waals surface area contributed by atoms with Crippen LogP contribution in [0.3, 0.4) is 0 Å². The topological polar surface area (TPSA) is 149 Å². The van der Waals surface area contributed by atoms with Crippen molar-refractivity contribution in [3.05, 3.63) is 102 Å². The lowest BCUT2D eigenvalue weighted by Gasteiger charge is -2.27. The van der Waals surface area contributed by atoms with Crippen LogP contribution in [0.2, 0.25) is 0 Å². The average Bonchev–Trinajstić information content (AvgIpc) is 2.98. The summed E-state index contributed by atoms with van der Waals surface area (Å²) in [4.78, 5) is 51.9. The van der Waals surface area contributed by atoms with Crippen molar-refractivity contribution >= 4 is 23.8 Å². The molecule has 0 bridgehead atoms. The Morgan fingerprint density at radius 2 is 1.22 bits per heavy atom. The van der Waals surface area contributed by atoms with Gasteiger partial charge in [0.25, 0.3) is 0 Å². The molecular formula is C35H44N4O6. The summed E-state index contributed by atoms with van der Waals surface area (Å²) in [7, 11) is 0. The van der Waals surface area contributed by atoms with E-state index < -0.39 is 47.5 Å². The fourth-order valence-electron chi connectivity index (χ4n) is 4.48. The number of hydrogen-bond donors (Lipinski definition) is 4. The third kappa shape index (κ3) is 12.0. The maximum Gasteiger partial charge on any atom is 0.408 e.